The summed E-state index contributed by atoms with van der Waals surface area (Å²) in [6.07, 6.45) is 1.12. The minimum absolute atomic E-state index is 0.0636. The Bertz CT molecular complexity index is 377. The Balaban J connectivity index is 2.38. The van der Waals surface area contributed by atoms with Gasteiger partial charge in [0.2, 0.25) is 0 Å². The molecule has 1 heterocycles. The highest BCUT2D eigenvalue weighted by Crippen LogP contribution is 2.46. The number of rotatable bonds is 2. The Morgan fingerprint density at radius 3 is 2.41 bits per heavy atom. The SMILES string of the molecule is CB(O)N1[C@@H](c2ccccc2)[C@H](C)CC1(C)C. The second-order valence-electron chi connectivity index (χ2n) is 5.89. The van der Waals surface area contributed by atoms with Crippen LogP contribution in [-0.4, -0.2) is 22.4 Å². The van der Waals surface area contributed by atoms with E-state index in [0.29, 0.717) is 12.0 Å². The lowest BCUT2D eigenvalue weighted by Gasteiger charge is -2.37. The van der Waals surface area contributed by atoms with E-state index in [-0.39, 0.29) is 5.54 Å². The maximum absolute atomic E-state index is 10.1. The van der Waals surface area contributed by atoms with Gasteiger partial charge >= 0.3 is 7.05 Å². The van der Waals surface area contributed by atoms with Gasteiger partial charge in [-0.15, -0.1) is 0 Å². The zero-order valence-corrected chi connectivity index (χ0v) is 11.2. The molecule has 3 heteroatoms. The summed E-state index contributed by atoms with van der Waals surface area (Å²) in [6, 6.07) is 10.9. The van der Waals surface area contributed by atoms with Crippen molar-refractivity contribution in [1.29, 1.82) is 0 Å². The highest BCUT2D eigenvalue weighted by atomic mass is 16.2. The number of nitrogens with zero attached hydrogens (tertiary/aromatic N) is 1. The lowest BCUT2D eigenvalue weighted by atomic mass is 9.79. The van der Waals surface area contributed by atoms with Crippen LogP contribution in [0.15, 0.2) is 30.3 Å². The smallest absolute Gasteiger partial charge is 0.377 e. The maximum Gasteiger partial charge on any atom is 0.377 e. The van der Waals surface area contributed by atoms with E-state index in [4.69, 9.17) is 0 Å². The van der Waals surface area contributed by atoms with Crippen molar-refractivity contribution in [2.24, 2.45) is 5.92 Å². The fourth-order valence-corrected chi connectivity index (χ4v) is 3.53. The van der Waals surface area contributed by atoms with Crippen molar-refractivity contribution in [3.8, 4) is 0 Å². The normalized spacial score (nSPS) is 28.3. The number of hydrogen-bond acceptors (Lipinski definition) is 2. The maximum atomic E-state index is 10.1. The molecule has 1 N–H and O–H groups in total. The lowest BCUT2D eigenvalue weighted by Crippen LogP contribution is -2.48. The summed E-state index contributed by atoms with van der Waals surface area (Å²) in [5.74, 6) is 0.571. The van der Waals surface area contributed by atoms with Crippen LogP contribution in [0.3, 0.4) is 0 Å². The molecule has 1 aromatic carbocycles. The Morgan fingerprint density at radius 2 is 1.88 bits per heavy atom. The Kier molecular flexibility index (Phi) is 3.33. The second kappa shape index (κ2) is 4.47. The second-order valence-corrected chi connectivity index (χ2v) is 5.89. The largest absolute Gasteiger partial charge is 0.437 e. The Labute approximate surface area is 105 Å². The monoisotopic (exact) mass is 231 g/mol. The molecule has 0 spiro atoms. The van der Waals surface area contributed by atoms with E-state index >= 15 is 0 Å². The van der Waals surface area contributed by atoms with E-state index in [1.165, 1.54) is 5.56 Å². The van der Waals surface area contributed by atoms with Crippen molar-refractivity contribution in [3.05, 3.63) is 35.9 Å². The van der Waals surface area contributed by atoms with Gasteiger partial charge in [0.1, 0.15) is 0 Å². The molecule has 0 radical (unpaired) electrons. The summed E-state index contributed by atoms with van der Waals surface area (Å²) >= 11 is 0. The van der Waals surface area contributed by atoms with E-state index in [1.807, 2.05) is 12.9 Å². The lowest BCUT2D eigenvalue weighted by molar-refractivity contribution is 0.211. The summed E-state index contributed by atoms with van der Waals surface area (Å²) in [5.41, 5.74) is 1.38. The fraction of sp³-hybridized carbons (Fsp3) is 0.571. The van der Waals surface area contributed by atoms with Crippen LogP contribution >= 0.6 is 0 Å². The highest BCUT2D eigenvalue weighted by Gasteiger charge is 2.47. The van der Waals surface area contributed by atoms with Crippen LogP contribution in [0.25, 0.3) is 0 Å². The molecular formula is C14H22BNO. The summed E-state index contributed by atoms with van der Waals surface area (Å²) in [4.78, 5) is 2.24. The quantitative estimate of drug-likeness (QED) is 0.791. The molecular weight excluding hydrogens is 209 g/mol. The van der Waals surface area contributed by atoms with Crippen LogP contribution < -0.4 is 0 Å². The number of hydrogen-bond donors (Lipinski definition) is 1. The van der Waals surface area contributed by atoms with Crippen molar-refractivity contribution >= 4 is 7.05 Å². The molecule has 1 aliphatic rings. The van der Waals surface area contributed by atoms with Gasteiger partial charge in [0.15, 0.2) is 0 Å². The number of benzene rings is 1. The molecule has 17 heavy (non-hydrogen) atoms. The molecule has 0 amide bonds. The van der Waals surface area contributed by atoms with Gasteiger partial charge in [-0.2, -0.15) is 0 Å². The topological polar surface area (TPSA) is 23.5 Å². The van der Waals surface area contributed by atoms with Crippen molar-refractivity contribution in [2.75, 3.05) is 0 Å². The van der Waals surface area contributed by atoms with Gasteiger partial charge in [-0.3, -0.25) is 0 Å². The predicted octanol–water partition coefficient (Wildman–Crippen LogP) is 2.96. The summed E-state index contributed by atoms with van der Waals surface area (Å²) in [5, 5.41) is 10.1. The molecule has 0 aliphatic carbocycles. The average molecular weight is 231 g/mol. The molecule has 1 aliphatic heterocycles. The van der Waals surface area contributed by atoms with Crippen molar-refractivity contribution < 1.29 is 5.02 Å². The third-order valence-electron chi connectivity index (χ3n) is 3.90. The third kappa shape index (κ3) is 2.27. The van der Waals surface area contributed by atoms with Crippen LogP contribution in [0.2, 0.25) is 6.82 Å². The highest BCUT2D eigenvalue weighted by molar-refractivity contribution is 6.45. The standard InChI is InChI=1S/C14H22BNO/c1-11-10-14(2,3)16(15(4)17)13(11)12-8-6-5-7-9-12/h5-9,11,13,17H,10H2,1-4H3/t11-,13-/m1/s1. The summed E-state index contributed by atoms with van der Waals surface area (Å²) in [6.45, 7) is 8.59. The van der Waals surface area contributed by atoms with E-state index < -0.39 is 7.05 Å². The van der Waals surface area contributed by atoms with E-state index in [1.54, 1.807) is 0 Å². The first kappa shape index (κ1) is 12.7. The van der Waals surface area contributed by atoms with Gasteiger partial charge in [0.05, 0.1) is 0 Å². The molecule has 1 aromatic rings. The van der Waals surface area contributed by atoms with Gasteiger partial charge in [0.25, 0.3) is 0 Å². The summed E-state index contributed by atoms with van der Waals surface area (Å²) in [7, 11) is -0.403. The molecule has 2 atom stereocenters. The first-order chi connectivity index (χ1) is 7.93. The molecule has 2 rings (SSSR count). The molecule has 0 unspecified atom stereocenters. The van der Waals surface area contributed by atoms with Gasteiger partial charge in [0, 0.05) is 11.6 Å². The third-order valence-corrected chi connectivity index (χ3v) is 3.90. The minimum atomic E-state index is -0.403. The van der Waals surface area contributed by atoms with Gasteiger partial charge in [-0.05, 0) is 38.6 Å². The van der Waals surface area contributed by atoms with Crippen molar-refractivity contribution in [1.82, 2.24) is 4.81 Å². The van der Waals surface area contributed by atoms with E-state index in [0.717, 1.165) is 6.42 Å². The molecule has 1 saturated heterocycles. The van der Waals surface area contributed by atoms with Gasteiger partial charge < -0.3 is 9.83 Å². The minimum Gasteiger partial charge on any atom is -0.437 e. The molecule has 0 bridgehead atoms. The molecule has 1 fully saturated rings. The fourth-order valence-electron chi connectivity index (χ4n) is 3.53. The molecule has 0 aromatic heterocycles. The Hall–Kier alpha value is -0.795. The van der Waals surface area contributed by atoms with Gasteiger partial charge in [-0.1, -0.05) is 37.3 Å². The Morgan fingerprint density at radius 1 is 1.29 bits per heavy atom. The van der Waals surface area contributed by atoms with E-state index in [9.17, 15) is 5.02 Å². The van der Waals surface area contributed by atoms with Crippen molar-refractivity contribution in [3.63, 3.8) is 0 Å². The van der Waals surface area contributed by atoms with Crippen LogP contribution in [0, 0.1) is 5.92 Å². The first-order valence-corrected chi connectivity index (χ1v) is 6.45. The zero-order chi connectivity index (χ0) is 12.6. The van der Waals surface area contributed by atoms with Crippen LogP contribution in [0.5, 0.6) is 0 Å². The molecule has 2 nitrogen and oxygen atoms in total. The van der Waals surface area contributed by atoms with Gasteiger partial charge in [-0.25, -0.2) is 0 Å². The first-order valence-electron chi connectivity index (χ1n) is 6.45. The van der Waals surface area contributed by atoms with Crippen LogP contribution in [-0.2, 0) is 0 Å². The predicted molar refractivity (Wildman–Crippen MR) is 72.7 cm³/mol. The average Bonchev–Trinajstić information content (AvgIpc) is 2.49. The molecule has 92 valence electrons. The summed E-state index contributed by atoms with van der Waals surface area (Å²) < 4.78 is 0. The zero-order valence-electron chi connectivity index (χ0n) is 11.2. The van der Waals surface area contributed by atoms with E-state index in [2.05, 4.69) is 49.8 Å². The molecule has 0 saturated carbocycles. The van der Waals surface area contributed by atoms with Crippen LogP contribution in [0.4, 0.5) is 0 Å². The van der Waals surface area contributed by atoms with Crippen LogP contribution in [0.1, 0.15) is 38.8 Å². The van der Waals surface area contributed by atoms with Crippen molar-refractivity contribution in [2.45, 2.75) is 45.6 Å².